The van der Waals surface area contributed by atoms with Gasteiger partial charge in [0.25, 0.3) is 0 Å². The molecule has 2 heterocycles. The molecule has 0 spiro atoms. The molecule has 0 amide bonds. The number of benzene rings is 1. The molecule has 2 aromatic heterocycles. The van der Waals surface area contributed by atoms with Crippen LogP contribution < -0.4 is 0 Å². The topological polar surface area (TPSA) is 65.9 Å². The summed E-state index contributed by atoms with van der Waals surface area (Å²) in [4.78, 5) is 8.63. The lowest BCUT2D eigenvalue weighted by Gasteiger charge is -2.11. The summed E-state index contributed by atoms with van der Waals surface area (Å²) >= 11 is -2.33. The number of nitrogens with zero attached hydrogens (tertiary/aromatic N) is 2. The normalized spacial score (nSPS) is 12.1. The molecule has 0 saturated carbocycles. The zero-order valence-electron chi connectivity index (χ0n) is 12.9. The number of halogens is 1. The van der Waals surface area contributed by atoms with Crippen molar-refractivity contribution in [3.63, 3.8) is 0 Å². The van der Waals surface area contributed by atoms with Gasteiger partial charge in [0.05, 0.1) is 5.69 Å². The standard InChI is InChI=1S/C18H15FN2O2S/c1-12-3-2-4-18(21-12)15-7-8-20-10-16(15)13-5-6-14(11-24(22)23)17(19)9-13/h2-10H,11H2,1H3,(H,22,23)/p-1. The molecule has 0 N–H and O–H groups in total. The maximum Gasteiger partial charge on any atom is 0.127 e. The second-order valence-corrected chi connectivity index (χ2v) is 6.24. The molecule has 24 heavy (non-hydrogen) atoms. The van der Waals surface area contributed by atoms with Crippen LogP contribution in [0.15, 0.2) is 54.9 Å². The summed E-state index contributed by atoms with van der Waals surface area (Å²) in [7, 11) is 0. The van der Waals surface area contributed by atoms with E-state index in [0.29, 0.717) is 5.56 Å². The van der Waals surface area contributed by atoms with E-state index >= 15 is 0 Å². The monoisotopic (exact) mass is 341 g/mol. The highest BCUT2D eigenvalue weighted by molar-refractivity contribution is 7.78. The van der Waals surface area contributed by atoms with E-state index < -0.39 is 16.9 Å². The fraction of sp³-hybridized carbons (Fsp3) is 0.111. The molecule has 0 bridgehead atoms. The predicted octanol–water partition coefficient (Wildman–Crippen LogP) is 3.64. The van der Waals surface area contributed by atoms with Gasteiger partial charge in [-0.2, -0.15) is 0 Å². The highest BCUT2D eigenvalue weighted by atomic mass is 32.2. The maximum atomic E-state index is 14.2. The Morgan fingerprint density at radius 3 is 2.71 bits per heavy atom. The van der Waals surface area contributed by atoms with Crippen molar-refractivity contribution in [2.75, 3.05) is 0 Å². The van der Waals surface area contributed by atoms with Gasteiger partial charge in [-0.15, -0.1) is 0 Å². The van der Waals surface area contributed by atoms with Crippen LogP contribution in [0.1, 0.15) is 11.3 Å². The highest BCUT2D eigenvalue weighted by Crippen LogP contribution is 2.31. The zero-order valence-corrected chi connectivity index (χ0v) is 13.7. The lowest BCUT2D eigenvalue weighted by atomic mass is 9.98. The van der Waals surface area contributed by atoms with Crippen LogP contribution in [-0.2, 0) is 16.8 Å². The Hall–Kier alpha value is -2.44. The minimum atomic E-state index is -2.33. The third-order valence-electron chi connectivity index (χ3n) is 3.62. The van der Waals surface area contributed by atoms with Gasteiger partial charge >= 0.3 is 0 Å². The van der Waals surface area contributed by atoms with Crippen molar-refractivity contribution in [1.29, 1.82) is 0 Å². The molecule has 4 nitrogen and oxygen atoms in total. The van der Waals surface area contributed by atoms with E-state index in [1.165, 1.54) is 12.1 Å². The minimum absolute atomic E-state index is 0.145. The summed E-state index contributed by atoms with van der Waals surface area (Å²) in [6.07, 6.45) is 3.31. The molecule has 0 fully saturated rings. The second-order valence-electron chi connectivity index (χ2n) is 5.34. The average molecular weight is 341 g/mol. The quantitative estimate of drug-likeness (QED) is 0.680. The fourth-order valence-corrected chi connectivity index (χ4v) is 2.99. The molecular formula is C18H14FN2O2S-. The molecule has 1 unspecified atom stereocenters. The van der Waals surface area contributed by atoms with Crippen molar-refractivity contribution in [2.24, 2.45) is 0 Å². The third kappa shape index (κ3) is 3.55. The number of pyridine rings is 2. The van der Waals surface area contributed by atoms with Gasteiger partial charge in [0.2, 0.25) is 0 Å². The molecule has 0 aliphatic carbocycles. The van der Waals surface area contributed by atoms with Crippen molar-refractivity contribution in [1.82, 2.24) is 9.97 Å². The van der Waals surface area contributed by atoms with E-state index in [1.807, 2.05) is 31.2 Å². The Bertz CT molecular complexity index is 915. The van der Waals surface area contributed by atoms with Crippen molar-refractivity contribution in [3.05, 3.63) is 71.9 Å². The summed E-state index contributed by atoms with van der Waals surface area (Å²) in [5.74, 6) is -0.894. The lowest BCUT2D eigenvalue weighted by Crippen LogP contribution is -1.98. The highest BCUT2D eigenvalue weighted by Gasteiger charge is 2.11. The van der Waals surface area contributed by atoms with Gasteiger partial charge in [-0.1, -0.05) is 29.3 Å². The molecule has 3 aromatic rings. The van der Waals surface area contributed by atoms with Crippen LogP contribution in [0.4, 0.5) is 4.39 Å². The van der Waals surface area contributed by atoms with Gasteiger partial charge in [-0.25, -0.2) is 4.39 Å². The summed E-state index contributed by atoms with van der Waals surface area (Å²) < 4.78 is 35.7. The number of aromatic nitrogens is 2. The molecule has 122 valence electrons. The molecule has 0 aliphatic rings. The van der Waals surface area contributed by atoms with Crippen molar-refractivity contribution in [2.45, 2.75) is 12.7 Å². The Morgan fingerprint density at radius 2 is 2.00 bits per heavy atom. The first-order valence-electron chi connectivity index (χ1n) is 7.27. The van der Waals surface area contributed by atoms with Gasteiger partial charge in [0, 0.05) is 35.0 Å². The van der Waals surface area contributed by atoms with Crippen LogP contribution in [0.5, 0.6) is 0 Å². The first-order chi connectivity index (χ1) is 11.5. The number of hydrogen-bond donors (Lipinski definition) is 0. The molecule has 1 atom stereocenters. The zero-order chi connectivity index (χ0) is 17.1. The number of aryl methyl sites for hydroxylation is 1. The van der Waals surface area contributed by atoms with Crippen molar-refractivity contribution < 1.29 is 13.2 Å². The van der Waals surface area contributed by atoms with E-state index in [2.05, 4.69) is 9.97 Å². The van der Waals surface area contributed by atoms with E-state index in [0.717, 1.165) is 22.5 Å². The van der Waals surface area contributed by atoms with Gasteiger partial charge in [-0.05, 0) is 42.3 Å². The number of hydrogen-bond acceptors (Lipinski definition) is 4. The molecule has 3 rings (SSSR count). The van der Waals surface area contributed by atoms with Crippen molar-refractivity contribution >= 4 is 11.1 Å². The van der Waals surface area contributed by atoms with E-state index in [4.69, 9.17) is 0 Å². The van der Waals surface area contributed by atoms with Gasteiger partial charge in [-0.3, -0.25) is 14.2 Å². The molecule has 1 aromatic carbocycles. The first-order valence-corrected chi connectivity index (χ1v) is 8.51. The molecule has 0 saturated heterocycles. The number of rotatable bonds is 4. The van der Waals surface area contributed by atoms with Crippen LogP contribution in [0.25, 0.3) is 22.4 Å². The molecule has 0 radical (unpaired) electrons. The Kier molecular flexibility index (Phi) is 4.78. The summed E-state index contributed by atoms with van der Waals surface area (Å²) in [5, 5.41) is 0. The minimum Gasteiger partial charge on any atom is -0.772 e. The van der Waals surface area contributed by atoms with Crippen LogP contribution in [-0.4, -0.2) is 18.7 Å². The predicted molar refractivity (Wildman–Crippen MR) is 90.2 cm³/mol. The third-order valence-corrected chi connectivity index (χ3v) is 4.17. The molecule has 0 aliphatic heterocycles. The van der Waals surface area contributed by atoms with Crippen LogP contribution in [0.3, 0.4) is 0 Å². The molecule has 6 heteroatoms. The Morgan fingerprint density at radius 1 is 1.17 bits per heavy atom. The first kappa shape index (κ1) is 16.4. The Labute approximate surface area is 141 Å². The van der Waals surface area contributed by atoms with Crippen LogP contribution in [0, 0.1) is 12.7 Å². The second kappa shape index (κ2) is 6.98. The van der Waals surface area contributed by atoms with Crippen LogP contribution >= 0.6 is 0 Å². The SMILES string of the molecule is Cc1cccc(-c2ccncc2-c2ccc(CS(=O)[O-])c(F)c2)n1. The Balaban J connectivity index is 2.08. The maximum absolute atomic E-state index is 14.2. The van der Waals surface area contributed by atoms with Gasteiger partial charge in [0.15, 0.2) is 0 Å². The van der Waals surface area contributed by atoms with E-state index in [-0.39, 0.29) is 11.3 Å². The largest absolute Gasteiger partial charge is 0.772 e. The smallest absolute Gasteiger partial charge is 0.127 e. The summed E-state index contributed by atoms with van der Waals surface area (Å²) in [6.45, 7) is 1.90. The summed E-state index contributed by atoms with van der Waals surface area (Å²) in [6, 6.07) is 12.0. The average Bonchev–Trinajstić information content (AvgIpc) is 2.56. The van der Waals surface area contributed by atoms with Crippen molar-refractivity contribution in [3.8, 4) is 22.4 Å². The van der Waals surface area contributed by atoms with Gasteiger partial charge < -0.3 is 4.55 Å². The van der Waals surface area contributed by atoms with E-state index in [1.54, 1.807) is 18.5 Å². The summed E-state index contributed by atoms with van der Waals surface area (Å²) in [5.41, 5.74) is 4.01. The van der Waals surface area contributed by atoms with Crippen LogP contribution in [0.2, 0.25) is 0 Å². The lowest BCUT2D eigenvalue weighted by molar-refractivity contribution is 0.533. The fourth-order valence-electron chi connectivity index (χ4n) is 2.50. The molecular weight excluding hydrogens is 327 g/mol. The van der Waals surface area contributed by atoms with Gasteiger partial charge in [0.1, 0.15) is 5.82 Å². The van der Waals surface area contributed by atoms with E-state index in [9.17, 15) is 13.2 Å².